The lowest BCUT2D eigenvalue weighted by Gasteiger charge is -2.18. The fourth-order valence-electron chi connectivity index (χ4n) is 2.46. The Labute approximate surface area is 161 Å². The average molecular weight is 407 g/mol. The SMILES string of the molecule is CN(CCOS(=O)(=O)O)c1ccc(N=Nc2sc3ccccc3[n+]2C)cc1. The number of azo groups is 1. The van der Waals surface area contributed by atoms with Crippen molar-refractivity contribution < 1.29 is 21.7 Å². The molecule has 1 N–H and O–H groups in total. The highest BCUT2D eigenvalue weighted by molar-refractivity contribution is 7.80. The van der Waals surface area contributed by atoms with E-state index in [-0.39, 0.29) is 6.61 Å². The van der Waals surface area contributed by atoms with Crippen LogP contribution in [0.5, 0.6) is 0 Å². The lowest BCUT2D eigenvalue weighted by Crippen LogP contribution is -2.25. The Balaban J connectivity index is 1.66. The number of nitrogens with zero attached hydrogens (tertiary/aromatic N) is 4. The molecule has 0 spiro atoms. The summed E-state index contributed by atoms with van der Waals surface area (Å²) in [7, 11) is -0.660. The van der Waals surface area contributed by atoms with Gasteiger partial charge in [-0.25, -0.2) is 8.75 Å². The van der Waals surface area contributed by atoms with Gasteiger partial charge in [0.05, 0.1) is 23.5 Å². The quantitative estimate of drug-likeness (QED) is 0.368. The van der Waals surface area contributed by atoms with Crippen molar-refractivity contribution in [3.8, 4) is 0 Å². The number of aryl methyl sites for hydroxylation is 1. The van der Waals surface area contributed by atoms with Gasteiger partial charge in [-0.3, -0.25) is 4.55 Å². The van der Waals surface area contributed by atoms with Crippen LogP contribution in [0, 0.1) is 0 Å². The zero-order valence-electron chi connectivity index (χ0n) is 14.8. The molecule has 0 aliphatic carbocycles. The first-order valence-corrected chi connectivity index (χ1v) is 10.2. The van der Waals surface area contributed by atoms with E-state index in [2.05, 4.69) is 20.5 Å². The molecule has 0 saturated carbocycles. The Hall–Kier alpha value is -2.40. The van der Waals surface area contributed by atoms with Crippen molar-refractivity contribution in [2.45, 2.75) is 0 Å². The van der Waals surface area contributed by atoms with E-state index in [4.69, 9.17) is 4.55 Å². The summed E-state index contributed by atoms with van der Waals surface area (Å²) in [5, 5.41) is 9.43. The number of para-hydroxylation sites is 1. The summed E-state index contributed by atoms with van der Waals surface area (Å²) in [6.45, 7) is 0.164. The molecule has 10 heteroatoms. The zero-order valence-corrected chi connectivity index (χ0v) is 16.4. The van der Waals surface area contributed by atoms with Crippen LogP contribution >= 0.6 is 11.3 Å². The van der Waals surface area contributed by atoms with Crippen LogP contribution in [-0.4, -0.2) is 33.2 Å². The highest BCUT2D eigenvalue weighted by atomic mass is 32.3. The van der Waals surface area contributed by atoms with Crippen molar-refractivity contribution in [1.82, 2.24) is 0 Å². The second-order valence-corrected chi connectivity index (χ2v) is 7.90. The summed E-state index contributed by atoms with van der Waals surface area (Å²) < 4.78 is 37.1. The minimum atomic E-state index is -4.41. The summed E-state index contributed by atoms with van der Waals surface area (Å²) in [5.41, 5.74) is 2.68. The molecule has 1 aromatic heterocycles. The molecule has 0 unspecified atom stereocenters. The van der Waals surface area contributed by atoms with Crippen LogP contribution in [0.4, 0.5) is 16.5 Å². The normalized spacial score (nSPS) is 12.1. The molecular formula is C17H19N4O4S2+. The van der Waals surface area contributed by atoms with Crippen LogP contribution in [0.3, 0.4) is 0 Å². The van der Waals surface area contributed by atoms with Gasteiger partial charge in [-0.2, -0.15) is 8.42 Å². The van der Waals surface area contributed by atoms with Crippen LogP contribution < -0.4 is 9.47 Å². The third-order valence-corrected chi connectivity index (χ3v) is 5.48. The van der Waals surface area contributed by atoms with Gasteiger partial charge in [-0.1, -0.05) is 12.1 Å². The van der Waals surface area contributed by atoms with E-state index in [1.807, 2.05) is 54.1 Å². The largest absolute Gasteiger partial charge is 0.409 e. The van der Waals surface area contributed by atoms with E-state index in [9.17, 15) is 8.42 Å². The van der Waals surface area contributed by atoms with E-state index in [0.29, 0.717) is 12.2 Å². The number of likely N-dealkylation sites (N-methyl/N-ethyl adjacent to an activating group) is 1. The van der Waals surface area contributed by atoms with E-state index in [1.54, 1.807) is 23.3 Å². The Morgan fingerprint density at radius 3 is 2.52 bits per heavy atom. The van der Waals surface area contributed by atoms with Gasteiger partial charge in [0.15, 0.2) is 0 Å². The van der Waals surface area contributed by atoms with Crippen LogP contribution in [0.15, 0.2) is 58.8 Å². The fraction of sp³-hybridized carbons (Fsp3) is 0.235. The Bertz CT molecular complexity index is 1060. The van der Waals surface area contributed by atoms with Crippen molar-refractivity contribution in [3.63, 3.8) is 0 Å². The molecule has 0 radical (unpaired) electrons. The maximum atomic E-state index is 10.6. The molecule has 3 aromatic rings. The second-order valence-electron chi connectivity index (χ2n) is 5.80. The monoisotopic (exact) mass is 407 g/mol. The maximum absolute atomic E-state index is 10.6. The Morgan fingerprint density at radius 1 is 1.15 bits per heavy atom. The summed E-state index contributed by atoms with van der Waals surface area (Å²) in [5.74, 6) is 0. The molecule has 0 atom stereocenters. The number of fused-ring (bicyclic) bond motifs is 1. The van der Waals surface area contributed by atoms with Crippen molar-refractivity contribution in [1.29, 1.82) is 0 Å². The minimum absolute atomic E-state index is 0.140. The van der Waals surface area contributed by atoms with Gasteiger partial charge in [-0.05, 0) is 52.8 Å². The zero-order chi connectivity index (χ0) is 19.4. The lowest BCUT2D eigenvalue weighted by atomic mass is 10.2. The number of rotatable bonds is 7. The topological polar surface area (TPSA) is 95.4 Å². The first kappa shape index (κ1) is 19.4. The molecule has 8 nitrogen and oxygen atoms in total. The molecular weight excluding hydrogens is 388 g/mol. The highest BCUT2D eigenvalue weighted by Gasteiger charge is 2.15. The van der Waals surface area contributed by atoms with Gasteiger partial charge in [0.2, 0.25) is 0 Å². The Morgan fingerprint density at radius 2 is 1.85 bits per heavy atom. The molecule has 0 bridgehead atoms. The standard InChI is InChI=1S/C17H18N4O4S2/c1-20(11-12-25-27(22,23)24)14-9-7-13(8-10-14)18-19-17-21(2)15-5-3-4-6-16(15)26-17/h3-10H,11-12H2,1-2H3/p+1. The Kier molecular flexibility index (Phi) is 5.80. The molecule has 2 aromatic carbocycles. The van der Waals surface area contributed by atoms with Crippen LogP contribution in [0.2, 0.25) is 0 Å². The van der Waals surface area contributed by atoms with Crippen LogP contribution in [-0.2, 0) is 21.6 Å². The van der Waals surface area contributed by atoms with E-state index < -0.39 is 10.4 Å². The van der Waals surface area contributed by atoms with Crippen molar-refractivity contribution in [3.05, 3.63) is 48.5 Å². The molecule has 27 heavy (non-hydrogen) atoms. The smallest absolute Gasteiger partial charge is 0.372 e. The van der Waals surface area contributed by atoms with Crippen molar-refractivity contribution in [2.24, 2.45) is 17.3 Å². The maximum Gasteiger partial charge on any atom is 0.409 e. The number of hydrogen-bond donors (Lipinski definition) is 1. The van der Waals surface area contributed by atoms with Gasteiger partial charge in [-0.15, -0.1) is 0 Å². The van der Waals surface area contributed by atoms with Crippen LogP contribution in [0.25, 0.3) is 10.2 Å². The summed E-state index contributed by atoms with van der Waals surface area (Å²) in [6, 6.07) is 15.4. The van der Waals surface area contributed by atoms with Gasteiger partial charge in [0.25, 0.3) is 0 Å². The molecule has 142 valence electrons. The minimum Gasteiger partial charge on any atom is -0.372 e. The third-order valence-electron chi connectivity index (χ3n) is 3.92. The first-order valence-electron chi connectivity index (χ1n) is 8.06. The van der Waals surface area contributed by atoms with Gasteiger partial charge < -0.3 is 4.90 Å². The van der Waals surface area contributed by atoms with Gasteiger partial charge >= 0.3 is 15.5 Å². The van der Waals surface area contributed by atoms with E-state index >= 15 is 0 Å². The lowest BCUT2D eigenvalue weighted by molar-refractivity contribution is -0.627. The third kappa shape index (κ3) is 5.07. The van der Waals surface area contributed by atoms with Crippen LogP contribution in [0.1, 0.15) is 0 Å². The second kappa shape index (κ2) is 8.09. The summed E-state index contributed by atoms with van der Waals surface area (Å²) >= 11 is 1.57. The van der Waals surface area contributed by atoms with E-state index in [0.717, 1.165) is 21.0 Å². The molecule has 0 aliphatic rings. The number of aromatic nitrogens is 1. The summed E-state index contributed by atoms with van der Waals surface area (Å²) in [4.78, 5) is 1.80. The van der Waals surface area contributed by atoms with Crippen molar-refractivity contribution in [2.75, 3.05) is 25.1 Å². The fourth-order valence-corrected chi connectivity index (χ4v) is 3.72. The predicted molar refractivity (Wildman–Crippen MR) is 104 cm³/mol. The van der Waals surface area contributed by atoms with Gasteiger partial charge in [0.1, 0.15) is 11.2 Å². The molecule has 1 heterocycles. The number of thiazole rings is 1. The van der Waals surface area contributed by atoms with Gasteiger partial charge in [0, 0.05) is 19.3 Å². The number of hydrogen-bond acceptors (Lipinski definition) is 7. The molecule has 0 aliphatic heterocycles. The predicted octanol–water partition coefficient (Wildman–Crippen LogP) is 3.40. The number of benzene rings is 2. The molecule has 0 saturated heterocycles. The van der Waals surface area contributed by atoms with Crippen molar-refractivity contribution >= 4 is 48.5 Å². The first-order chi connectivity index (χ1) is 12.8. The molecule has 0 amide bonds. The molecule has 0 fully saturated rings. The average Bonchev–Trinajstić information content (AvgIpc) is 2.95. The molecule has 3 rings (SSSR count). The highest BCUT2D eigenvalue weighted by Crippen LogP contribution is 2.27. The van der Waals surface area contributed by atoms with E-state index in [1.165, 1.54) is 0 Å². The summed E-state index contributed by atoms with van der Waals surface area (Å²) in [6.07, 6.45) is 0. The number of anilines is 1.